The number of carbonyl (C=O) groups is 2. The molecule has 3 rings (SSSR count). The van der Waals surface area contributed by atoms with E-state index in [9.17, 15) is 14.0 Å². The lowest BCUT2D eigenvalue weighted by molar-refractivity contribution is -0.132. The summed E-state index contributed by atoms with van der Waals surface area (Å²) in [4.78, 5) is 30.0. The van der Waals surface area contributed by atoms with Crippen LogP contribution in [0.25, 0.3) is 0 Å². The summed E-state index contributed by atoms with van der Waals surface area (Å²) in [5.41, 5.74) is 1.33. The highest BCUT2D eigenvalue weighted by Crippen LogP contribution is 2.28. The van der Waals surface area contributed by atoms with Gasteiger partial charge in [-0.1, -0.05) is 19.4 Å². The molecule has 0 radical (unpaired) electrons. The quantitative estimate of drug-likeness (QED) is 0.314. The number of benzene rings is 2. The van der Waals surface area contributed by atoms with Crippen molar-refractivity contribution in [2.24, 2.45) is 0 Å². The first-order valence-electron chi connectivity index (χ1n) is 12.4. The molecule has 0 aliphatic heterocycles. The van der Waals surface area contributed by atoms with E-state index in [1.807, 2.05) is 44.2 Å². The van der Waals surface area contributed by atoms with Gasteiger partial charge >= 0.3 is 0 Å². The molecule has 37 heavy (non-hydrogen) atoms. The van der Waals surface area contributed by atoms with Crippen LogP contribution in [0.15, 0.2) is 59.0 Å². The average molecular weight is 511 g/mol. The zero-order valence-corrected chi connectivity index (χ0v) is 22.0. The van der Waals surface area contributed by atoms with Crippen molar-refractivity contribution in [1.29, 1.82) is 0 Å². The molecule has 0 unspecified atom stereocenters. The Bertz CT molecular complexity index is 1180. The van der Waals surface area contributed by atoms with Crippen LogP contribution in [0.5, 0.6) is 11.5 Å². The summed E-state index contributed by atoms with van der Waals surface area (Å²) in [5, 5.41) is 0. The van der Waals surface area contributed by atoms with E-state index >= 15 is 0 Å². The molecule has 0 bridgehead atoms. The van der Waals surface area contributed by atoms with Gasteiger partial charge in [0.1, 0.15) is 23.9 Å². The van der Waals surface area contributed by atoms with Gasteiger partial charge < -0.3 is 23.7 Å². The summed E-state index contributed by atoms with van der Waals surface area (Å²) < 4.78 is 29.8. The number of aryl methyl sites for hydroxylation is 1. The van der Waals surface area contributed by atoms with Gasteiger partial charge in [0.2, 0.25) is 5.91 Å². The van der Waals surface area contributed by atoms with Gasteiger partial charge in [-0.2, -0.15) is 0 Å². The molecule has 0 spiro atoms. The number of rotatable bonds is 13. The highest BCUT2D eigenvalue weighted by molar-refractivity contribution is 5.96. The SMILES string of the molecule is CCCCN(CC(=O)N(CCc1ccc(OC)c(OC)c1)Cc1ccc(C)o1)C(=O)c1ccc(F)cc1. The molecule has 0 N–H and O–H groups in total. The van der Waals surface area contributed by atoms with Crippen molar-refractivity contribution >= 4 is 11.8 Å². The fourth-order valence-electron chi connectivity index (χ4n) is 3.99. The van der Waals surface area contributed by atoms with Gasteiger partial charge in [-0.25, -0.2) is 4.39 Å². The van der Waals surface area contributed by atoms with Crippen LogP contribution >= 0.6 is 0 Å². The Kier molecular flexibility index (Phi) is 10.1. The summed E-state index contributed by atoms with van der Waals surface area (Å²) in [5.74, 6) is 1.78. The van der Waals surface area contributed by atoms with E-state index in [4.69, 9.17) is 13.9 Å². The molecular formula is C29H35FN2O5. The van der Waals surface area contributed by atoms with Crippen molar-refractivity contribution in [2.75, 3.05) is 33.9 Å². The minimum absolute atomic E-state index is 0.0815. The highest BCUT2D eigenvalue weighted by atomic mass is 19.1. The van der Waals surface area contributed by atoms with Gasteiger partial charge in [-0.05, 0) is 73.9 Å². The molecule has 0 aliphatic rings. The summed E-state index contributed by atoms with van der Waals surface area (Å²) >= 11 is 0. The number of unbranched alkanes of at least 4 members (excludes halogenated alkanes) is 1. The number of amides is 2. The van der Waals surface area contributed by atoms with Crippen LogP contribution in [0.3, 0.4) is 0 Å². The maximum absolute atomic E-state index is 13.5. The van der Waals surface area contributed by atoms with Gasteiger partial charge in [0, 0.05) is 18.7 Å². The molecule has 0 aliphatic carbocycles. The number of nitrogens with zero attached hydrogens (tertiary/aromatic N) is 2. The number of furan rings is 1. The number of hydrogen-bond donors (Lipinski definition) is 0. The standard InChI is InChI=1S/C29H35FN2O5/c1-5-6-16-32(29(34)23-9-11-24(30)12-10-23)20-28(33)31(19-25-13-7-21(2)37-25)17-15-22-8-14-26(35-3)27(18-22)36-4/h7-14,18H,5-6,15-17,19-20H2,1-4H3. The van der Waals surface area contributed by atoms with Crippen LogP contribution in [-0.4, -0.2) is 55.5 Å². The van der Waals surface area contributed by atoms with Crippen LogP contribution in [0.1, 0.15) is 47.2 Å². The predicted octanol–water partition coefficient (Wildman–Crippen LogP) is 5.26. The average Bonchev–Trinajstić information content (AvgIpc) is 3.32. The molecule has 0 atom stereocenters. The maximum Gasteiger partial charge on any atom is 0.254 e. The minimum Gasteiger partial charge on any atom is -0.493 e. The molecular weight excluding hydrogens is 475 g/mol. The van der Waals surface area contributed by atoms with Crippen molar-refractivity contribution in [2.45, 2.75) is 39.7 Å². The van der Waals surface area contributed by atoms with Crippen molar-refractivity contribution in [1.82, 2.24) is 9.80 Å². The Hall–Kier alpha value is -3.81. The molecule has 7 nitrogen and oxygen atoms in total. The van der Waals surface area contributed by atoms with E-state index in [1.165, 1.54) is 29.2 Å². The second-order valence-corrected chi connectivity index (χ2v) is 8.85. The van der Waals surface area contributed by atoms with Gasteiger partial charge in [-0.15, -0.1) is 0 Å². The number of methoxy groups -OCH3 is 2. The van der Waals surface area contributed by atoms with Gasteiger partial charge in [0.15, 0.2) is 11.5 Å². The Morgan fingerprint density at radius 2 is 1.65 bits per heavy atom. The fraction of sp³-hybridized carbons (Fsp3) is 0.379. The molecule has 198 valence electrons. The molecule has 0 fully saturated rings. The van der Waals surface area contributed by atoms with E-state index in [1.54, 1.807) is 19.1 Å². The first kappa shape index (κ1) is 27.8. The van der Waals surface area contributed by atoms with E-state index in [0.717, 1.165) is 24.2 Å². The highest BCUT2D eigenvalue weighted by Gasteiger charge is 2.23. The number of ether oxygens (including phenoxy) is 2. The first-order valence-corrected chi connectivity index (χ1v) is 12.4. The lowest BCUT2D eigenvalue weighted by atomic mass is 10.1. The second-order valence-electron chi connectivity index (χ2n) is 8.85. The van der Waals surface area contributed by atoms with Crippen LogP contribution in [-0.2, 0) is 17.8 Å². The Morgan fingerprint density at radius 3 is 2.27 bits per heavy atom. The normalized spacial score (nSPS) is 10.7. The summed E-state index contributed by atoms with van der Waals surface area (Å²) in [6.45, 7) is 4.93. The third kappa shape index (κ3) is 7.84. The minimum atomic E-state index is -0.414. The molecule has 0 saturated heterocycles. The third-order valence-electron chi connectivity index (χ3n) is 6.10. The van der Waals surface area contributed by atoms with E-state index in [-0.39, 0.29) is 24.9 Å². The summed E-state index contributed by atoms with van der Waals surface area (Å²) in [6.07, 6.45) is 2.20. The van der Waals surface area contributed by atoms with E-state index in [2.05, 4.69) is 0 Å². The monoisotopic (exact) mass is 510 g/mol. The van der Waals surface area contributed by atoms with E-state index in [0.29, 0.717) is 42.3 Å². The first-order chi connectivity index (χ1) is 17.8. The molecule has 8 heteroatoms. The maximum atomic E-state index is 13.5. The van der Waals surface area contributed by atoms with Crippen LogP contribution in [0, 0.1) is 12.7 Å². The summed E-state index contributed by atoms with van der Waals surface area (Å²) in [6, 6.07) is 14.8. The number of hydrogen-bond acceptors (Lipinski definition) is 5. The lowest BCUT2D eigenvalue weighted by Gasteiger charge is -2.27. The van der Waals surface area contributed by atoms with Crippen LogP contribution < -0.4 is 9.47 Å². The second kappa shape index (κ2) is 13.5. The predicted molar refractivity (Wildman–Crippen MR) is 139 cm³/mol. The molecule has 2 amide bonds. The molecule has 1 heterocycles. The summed E-state index contributed by atoms with van der Waals surface area (Å²) in [7, 11) is 3.17. The zero-order chi connectivity index (χ0) is 26.8. The van der Waals surface area contributed by atoms with Crippen molar-refractivity contribution in [3.8, 4) is 11.5 Å². The third-order valence-corrected chi connectivity index (χ3v) is 6.10. The van der Waals surface area contributed by atoms with Gasteiger partial charge in [0.25, 0.3) is 5.91 Å². The zero-order valence-electron chi connectivity index (χ0n) is 22.0. The Labute approximate surface area is 217 Å². The smallest absolute Gasteiger partial charge is 0.254 e. The molecule has 2 aromatic carbocycles. The molecule has 0 saturated carbocycles. The van der Waals surface area contributed by atoms with Crippen LogP contribution in [0.2, 0.25) is 0 Å². The van der Waals surface area contributed by atoms with E-state index < -0.39 is 5.82 Å². The Morgan fingerprint density at radius 1 is 0.919 bits per heavy atom. The molecule has 1 aromatic heterocycles. The van der Waals surface area contributed by atoms with Crippen molar-refractivity contribution in [3.05, 3.63) is 83.1 Å². The largest absolute Gasteiger partial charge is 0.493 e. The number of halogens is 1. The van der Waals surface area contributed by atoms with Gasteiger partial charge in [0.05, 0.1) is 20.8 Å². The lowest BCUT2D eigenvalue weighted by Crippen LogP contribution is -2.43. The topological polar surface area (TPSA) is 72.2 Å². The molecule has 3 aromatic rings. The van der Waals surface area contributed by atoms with Gasteiger partial charge in [-0.3, -0.25) is 9.59 Å². The number of carbonyl (C=O) groups excluding carboxylic acids is 2. The van der Waals surface area contributed by atoms with Crippen molar-refractivity contribution in [3.63, 3.8) is 0 Å². The Balaban J connectivity index is 1.78. The van der Waals surface area contributed by atoms with Crippen molar-refractivity contribution < 1.29 is 27.9 Å². The van der Waals surface area contributed by atoms with Crippen LogP contribution in [0.4, 0.5) is 4.39 Å². The fourth-order valence-corrected chi connectivity index (χ4v) is 3.99.